The van der Waals surface area contributed by atoms with Crippen molar-refractivity contribution in [2.24, 2.45) is 0 Å². The first-order valence-corrected chi connectivity index (χ1v) is 3.52. The van der Waals surface area contributed by atoms with Crippen molar-refractivity contribution in [3.05, 3.63) is 12.2 Å². The van der Waals surface area contributed by atoms with Gasteiger partial charge in [0.25, 0.3) is 0 Å². The van der Waals surface area contributed by atoms with E-state index < -0.39 is 0 Å². The number of aryl methyl sites for hydroxylation is 1. The van der Waals surface area contributed by atoms with Gasteiger partial charge in [-0.15, -0.1) is 0 Å². The first kappa shape index (κ1) is 7.02. The molecule has 0 saturated carbocycles. The molecule has 2 aromatic rings. The van der Waals surface area contributed by atoms with E-state index in [0.717, 1.165) is 11.3 Å². The number of nitrogens with zero attached hydrogens (tertiary/aromatic N) is 3. The van der Waals surface area contributed by atoms with Gasteiger partial charge in [-0.1, -0.05) is 0 Å². The SMILES string of the molecule is COc1ncnc2nc(C)[nH]c12. The molecule has 0 aliphatic heterocycles. The summed E-state index contributed by atoms with van der Waals surface area (Å²) in [5.41, 5.74) is 1.39. The Labute approximate surface area is 68.8 Å². The summed E-state index contributed by atoms with van der Waals surface area (Å²) in [6.07, 6.45) is 1.43. The highest BCUT2D eigenvalue weighted by molar-refractivity contribution is 5.75. The van der Waals surface area contributed by atoms with Gasteiger partial charge in [-0.25, -0.2) is 9.97 Å². The van der Waals surface area contributed by atoms with E-state index in [2.05, 4.69) is 19.9 Å². The number of imidazole rings is 1. The van der Waals surface area contributed by atoms with E-state index in [0.29, 0.717) is 11.5 Å². The topological polar surface area (TPSA) is 63.7 Å². The second kappa shape index (κ2) is 2.44. The molecule has 0 aliphatic rings. The van der Waals surface area contributed by atoms with Gasteiger partial charge in [0.2, 0.25) is 5.88 Å². The molecule has 0 aromatic carbocycles. The van der Waals surface area contributed by atoms with Gasteiger partial charge in [0.15, 0.2) is 5.65 Å². The predicted molar refractivity (Wildman–Crippen MR) is 43.0 cm³/mol. The van der Waals surface area contributed by atoms with Crippen LogP contribution < -0.4 is 4.74 Å². The summed E-state index contributed by atoms with van der Waals surface area (Å²) in [5, 5.41) is 0. The number of aromatic nitrogens is 4. The van der Waals surface area contributed by atoms with Gasteiger partial charge in [-0.3, -0.25) is 0 Å². The Balaban J connectivity index is 2.78. The highest BCUT2D eigenvalue weighted by Gasteiger charge is 2.06. The third kappa shape index (κ3) is 0.903. The zero-order valence-electron chi connectivity index (χ0n) is 6.83. The van der Waals surface area contributed by atoms with Gasteiger partial charge in [0, 0.05) is 0 Å². The molecular formula is C7H8N4O. The van der Waals surface area contributed by atoms with Crippen molar-refractivity contribution < 1.29 is 4.74 Å². The van der Waals surface area contributed by atoms with Crippen molar-refractivity contribution in [1.29, 1.82) is 0 Å². The normalized spacial score (nSPS) is 10.5. The van der Waals surface area contributed by atoms with Crippen molar-refractivity contribution in [2.75, 3.05) is 7.11 Å². The molecule has 0 unspecified atom stereocenters. The number of H-pyrrole nitrogens is 1. The Hall–Kier alpha value is -1.65. The summed E-state index contributed by atoms with van der Waals surface area (Å²) in [5.74, 6) is 1.34. The van der Waals surface area contributed by atoms with Gasteiger partial charge < -0.3 is 9.72 Å². The number of hydrogen-bond acceptors (Lipinski definition) is 4. The Morgan fingerprint density at radius 2 is 2.25 bits per heavy atom. The first-order chi connectivity index (χ1) is 5.81. The van der Waals surface area contributed by atoms with Crippen LogP contribution >= 0.6 is 0 Å². The fourth-order valence-electron chi connectivity index (χ4n) is 1.08. The van der Waals surface area contributed by atoms with Crippen molar-refractivity contribution in [1.82, 2.24) is 19.9 Å². The fraction of sp³-hybridized carbons (Fsp3) is 0.286. The monoisotopic (exact) mass is 164 g/mol. The minimum atomic E-state index is 0.528. The van der Waals surface area contributed by atoms with E-state index in [1.165, 1.54) is 6.33 Å². The second-order valence-corrected chi connectivity index (χ2v) is 2.40. The molecule has 12 heavy (non-hydrogen) atoms. The third-order valence-corrected chi connectivity index (χ3v) is 1.57. The van der Waals surface area contributed by atoms with Crippen molar-refractivity contribution in [3.8, 4) is 5.88 Å². The summed E-state index contributed by atoms with van der Waals surface area (Å²) in [7, 11) is 1.57. The number of hydrogen-bond donors (Lipinski definition) is 1. The molecule has 0 radical (unpaired) electrons. The standard InChI is InChI=1S/C7H8N4O/c1-4-10-5-6(11-4)8-3-9-7(5)12-2/h3H,1-2H3,(H,8,9,10,11). The van der Waals surface area contributed by atoms with Crippen LogP contribution in [0.4, 0.5) is 0 Å². The predicted octanol–water partition coefficient (Wildman–Crippen LogP) is 0.670. The molecule has 0 saturated heterocycles. The molecule has 0 fully saturated rings. The molecule has 0 spiro atoms. The molecule has 0 amide bonds. The summed E-state index contributed by atoms with van der Waals surface area (Å²) in [4.78, 5) is 15.1. The number of methoxy groups -OCH3 is 1. The Bertz CT molecular complexity index is 409. The highest BCUT2D eigenvalue weighted by Crippen LogP contribution is 2.17. The number of nitrogens with one attached hydrogen (secondary N) is 1. The van der Waals surface area contributed by atoms with Crippen LogP contribution in [0.3, 0.4) is 0 Å². The van der Waals surface area contributed by atoms with Gasteiger partial charge >= 0.3 is 0 Å². The van der Waals surface area contributed by atoms with Crippen molar-refractivity contribution in [2.45, 2.75) is 6.92 Å². The summed E-state index contributed by atoms with van der Waals surface area (Å²) >= 11 is 0. The summed E-state index contributed by atoms with van der Waals surface area (Å²) in [6, 6.07) is 0. The lowest BCUT2D eigenvalue weighted by atomic mass is 10.5. The lowest BCUT2D eigenvalue weighted by Crippen LogP contribution is -1.89. The van der Waals surface area contributed by atoms with Crippen LogP contribution in [-0.2, 0) is 0 Å². The molecule has 0 atom stereocenters. The molecule has 5 heteroatoms. The Kier molecular flexibility index (Phi) is 1.43. The van der Waals surface area contributed by atoms with Gasteiger partial charge in [0.1, 0.15) is 17.7 Å². The Morgan fingerprint density at radius 1 is 1.42 bits per heavy atom. The number of ether oxygens (including phenoxy) is 1. The van der Waals surface area contributed by atoms with E-state index in [4.69, 9.17) is 4.74 Å². The largest absolute Gasteiger partial charge is 0.479 e. The molecule has 2 rings (SSSR count). The molecule has 0 bridgehead atoms. The van der Waals surface area contributed by atoms with Gasteiger partial charge in [0.05, 0.1) is 7.11 Å². The molecule has 62 valence electrons. The van der Waals surface area contributed by atoms with E-state index in [1.807, 2.05) is 6.92 Å². The average molecular weight is 164 g/mol. The van der Waals surface area contributed by atoms with Crippen LogP contribution in [0.1, 0.15) is 5.82 Å². The quantitative estimate of drug-likeness (QED) is 0.672. The van der Waals surface area contributed by atoms with Crippen LogP contribution in [0, 0.1) is 6.92 Å². The van der Waals surface area contributed by atoms with E-state index in [1.54, 1.807) is 7.11 Å². The average Bonchev–Trinajstić information content (AvgIpc) is 2.44. The maximum Gasteiger partial charge on any atom is 0.242 e. The van der Waals surface area contributed by atoms with Crippen LogP contribution in [0.5, 0.6) is 5.88 Å². The molecule has 5 nitrogen and oxygen atoms in total. The van der Waals surface area contributed by atoms with Crippen molar-refractivity contribution >= 4 is 11.2 Å². The minimum Gasteiger partial charge on any atom is -0.479 e. The number of fused-ring (bicyclic) bond motifs is 1. The smallest absolute Gasteiger partial charge is 0.242 e. The van der Waals surface area contributed by atoms with Gasteiger partial charge in [-0.05, 0) is 6.92 Å². The van der Waals surface area contributed by atoms with Crippen LogP contribution in [0.2, 0.25) is 0 Å². The summed E-state index contributed by atoms with van der Waals surface area (Å²) < 4.78 is 5.02. The van der Waals surface area contributed by atoms with Crippen LogP contribution in [0.25, 0.3) is 11.2 Å². The fourth-order valence-corrected chi connectivity index (χ4v) is 1.08. The van der Waals surface area contributed by atoms with Crippen LogP contribution in [-0.4, -0.2) is 27.0 Å². The maximum absolute atomic E-state index is 5.02. The summed E-state index contributed by atoms with van der Waals surface area (Å²) in [6.45, 7) is 1.86. The third-order valence-electron chi connectivity index (χ3n) is 1.57. The second-order valence-electron chi connectivity index (χ2n) is 2.40. The lowest BCUT2D eigenvalue weighted by molar-refractivity contribution is 0.401. The zero-order chi connectivity index (χ0) is 8.55. The first-order valence-electron chi connectivity index (χ1n) is 3.52. The van der Waals surface area contributed by atoms with E-state index in [-0.39, 0.29) is 0 Å². The number of aromatic amines is 1. The van der Waals surface area contributed by atoms with Crippen LogP contribution in [0.15, 0.2) is 6.33 Å². The molecular weight excluding hydrogens is 156 g/mol. The maximum atomic E-state index is 5.02. The lowest BCUT2D eigenvalue weighted by Gasteiger charge is -1.96. The van der Waals surface area contributed by atoms with E-state index >= 15 is 0 Å². The molecule has 2 aromatic heterocycles. The van der Waals surface area contributed by atoms with Gasteiger partial charge in [-0.2, -0.15) is 4.98 Å². The van der Waals surface area contributed by atoms with E-state index in [9.17, 15) is 0 Å². The molecule has 1 N–H and O–H groups in total. The highest BCUT2D eigenvalue weighted by atomic mass is 16.5. The molecule has 0 aliphatic carbocycles. The molecule has 2 heterocycles. The zero-order valence-corrected chi connectivity index (χ0v) is 6.83. The Morgan fingerprint density at radius 3 is 3.00 bits per heavy atom. The minimum absolute atomic E-state index is 0.528. The van der Waals surface area contributed by atoms with Crippen molar-refractivity contribution in [3.63, 3.8) is 0 Å². The number of rotatable bonds is 1.